The van der Waals surface area contributed by atoms with Crippen LogP contribution in [0.15, 0.2) is 24.3 Å². The number of benzene rings is 1. The van der Waals surface area contributed by atoms with Crippen LogP contribution in [0, 0.1) is 19.8 Å². The molecule has 1 N–H and O–H groups in total. The zero-order valence-electron chi connectivity index (χ0n) is 18.1. The van der Waals surface area contributed by atoms with Gasteiger partial charge in [-0.05, 0) is 56.9 Å². The Bertz CT molecular complexity index is 849. The van der Waals surface area contributed by atoms with Crippen molar-refractivity contribution in [1.82, 2.24) is 20.0 Å². The van der Waals surface area contributed by atoms with Crippen molar-refractivity contribution in [2.45, 2.75) is 46.2 Å². The molecule has 0 radical (unpaired) electrons. The third kappa shape index (κ3) is 4.83. The van der Waals surface area contributed by atoms with Gasteiger partial charge in [-0.3, -0.25) is 4.68 Å². The lowest BCUT2D eigenvalue weighted by atomic mass is 10.0. The Labute approximate surface area is 173 Å². The van der Waals surface area contributed by atoms with Crippen LogP contribution in [-0.2, 0) is 6.54 Å². The van der Waals surface area contributed by atoms with Crippen LogP contribution in [0.1, 0.15) is 42.8 Å². The molecule has 2 aromatic rings. The van der Waals surface area contributed by atoms with E-state index < -0.39 is 0 Å². The summed E-state index contributed by atoms with van der Waals surface area (Å²) in [6.45, 7) is 8.31. The van der Waals surface area contributed by atoms with Crippen LogP contribution < -0.4 is 14.8 Å². The first kappa shape index (κ1) is 21.0. The van der Waals surface area contributed by atoms with Gasteiger partial charge in [0.2, 0.25) is 0 Å². The summed E-state index contributed by atoms with van der Waals surface area (Å²) >= 11 is 0. The zero-order chi connectivity index (χ0) is 21.0. The van der Waals surface area contributed by atoms with Gasteiger partial charge in [-0.15, -0.1) is 0 Å². The van der Waals surface area contributed by atoms with Crippen LogP contribution in [0.2, 0.25) is 0 Å². The van der Waals surface area contributed by atoms with Crippen LogP contribution in [0.3, 0.4) is 0 Å². The maximum Gasteiger partial charge on any atom is 0.317 e. The molecule has 0 saturated carbocycles. The zero-order valence-corrected chi connectivity index (χ0v) is 18.1. The van der Waals surface area contributed by atoms with E-state index >= 15 is 0 Å². The molecule has 158 valence electrons. The van der Waals surface area contributed by atoms with Gasteiger partial charge < -0.3 is 19.7 Å². The highest BCUT2D eigenvalue weighted by molar-refractivity contribution is 5.75. The van der Waals surface area contributed by atoms with Crippen molar-refractivity contribution >= 4 is 6.03 Å². The molecule has 1 aliphatic heterocycles. The summed E-state index contributed by atoms with van der Waals surface area (Å²) in [4.78, 5) is 14.8. The van der Waals surface area contributed by atoms with E-state index in [-0.39, 0.29) is 18.0 Å². The van der Waals surface area contributed by atoms with E-state index in [4.69, 9.17) is 9.47 Å². The Morgan fingerprint density at radius 2 is 2.07 bits per heavy atom. The van der Waals surface area contributed by atoms with Crippen LogP contribution in [0.5, 0.6) is 11.5 Å². The fraction of sp³-hybridized carbons (Fsp3) is 0.545. The molecule has 1 aromatic heterocycles. The Morgan fingerprint density at radius 3 is 2.72 bits per heavy atom. The molecule has 2 unspecified atom stereocenters. The molecule has 1 aliphatic rings. The van der Waals surface area contributed by atoms with E-state index in [1.807, 2.05) is 34.7 Å². The Hall–Kier alpha value is -2.70. The minimum Gasteiger partial charge on any atom is -0.497 e. The van der Waals surface area contributed by atoms with Gasteiger partial charge >= 0.3 is 6.03 Å². The van der Waals surface area contributed by atoms with Crippen LogP contribution in [-0.4, -0.2) is 48.0 Å². The van der Waals surface area contributed by atoms with Crippen molar-refractivity contribution in [2.75, 3.05) is 27.3 Å². The molecule has 1 aromatic carbocycles. The SMILES string of the molecule is COc1ccc(OC)c(C2CCCN2C(=O)NCC(C)Cn2nc(C)cc2C)c1. The summed E-state index contributed by atoms with van der Waals surface area (Å²) in [6, 6.07) is 7.79. The highest BCUT2D eigenvalue weighted by Gasteiger charge is 2.32. The number of aryl methyl sites for hydroxylation is 2. The molecular formula is C22H32N4O3. The van der Waals surface area contributed by atoms with Crippen molar-refractivity contribution in [3.63, 3.8) is 0 Å². The predicted molar refractivity (Wildman–Crippen MR) is 112 cm³/mol. The average Bonchev–Trinajstić information content (AvgIpc) is 3.32. The smallest absolute Gasteiger partial charge is 0.317 e. The lowest BCUT2D eigenvalue weighted by molar-refractivity contribution is 0.189. The molecule has 7 heteroatoms. The number of rotatable bonds is 7. The Morgan fingerprint density at radius 1 is 1.28 bits per heavy atom. The molecule has 7 nitrogen and oxygen atoms in total. The predicted octanol–water partition coefficient (Wildman–Crippen LogP) is 3.70. The number of hydrogen-bond acceptors (Lipinski definition) is 4. The lowest BCUT2D eigenvalue weighted by Gasteiger charge is -2.27. The number of nitrogens with one attached hydrogen (secondary N) is 1. The summed E-state index contributed by atoms with van der Waals surface area (Å²) in [6.07, 6.45) is 1.89. The number of carbonyl (C=O) groups excluding carboxylic acids is 1. The van der Waals surface area contributed by atoms with Gasteiger partial charge in [0, 0.05) is 30.9 Å². The average molecular weight is 401 g/mol. The molecule has 2 atom stereocenters. The van der Waals surface area contributed by atoms with E-state index in [1.165, 1.54) is 0 Å². The Kier molecular flexibility index (Phi) is 6.67. The summed E-state index contributed by atoms with van der Waals surface area (Å²) < 4.78 is 12.9. The fourth-order valence-electron chi connectivity index (χ4n) is 4.02. The van der Waals surface area contributed by atoms with Gasteiger partial charge in [-0.1, -0.05) is 6.92 Å². The second kappa shape index (κ2) is 9.20. The van der Waals surface area contributed by atoms with Crippen molar-refractivity contribution in [1.29, 1.82) is 0 Å². The minimum atomic E-state index is -0.0300. The molecule has 2 heterocycles. The van der Waals surface area contributed by atoms with Crippen LogP contribution >= 0.6 is 0 Å². The molecule has 29 heavy (non-hydrogen) atoms. The largest absolute Gasteiger partial charge is 0.497 e. The van der Waals surface area contributed by atoms with Gasteiger partial charge in [0.15, 0.2) is 0 Å². The van der Waals surface area contributed by atoms with E-state index in [0.29, 0.717) is 6.54 Å². The number of likely N-dealkylation sites (tertiary alicyclic amines) is 1. The maximum absolute atomic E-state index is 12.9. The number of methoxy groups -OCH3 is 2. The minimum absolute atomic E-state index is 0.00799. The van der Waals surface area contributed by atoms with Crippen molar-refractivity contribution in [3.05, 3.63) is 41.2 Å². The third-order valence-corrected chi connectivity index (χ3v) is 5.50. The number of carbonyl (C=O) groups is 1. The number of ether oxygens (including phenoxy) is 2. The first-order valence-corrected chi connectivity index (χ1v) is 10.2. The fourth-order valence-corrected chi connectivity index (χ4v) is 4.02. The molecule has 0 bridgehead atoms. The molecule has 1 fully saturated rings. The van der Waals surface area contributed by atoms with Crippen molar-refractivity contribution in [2.24, 2.45) is 5.92 Å². The summed E-state index contributed by atoms with van der Waals surface area (Å²) in [5.41, 5.74) is 3.16. The summed E-state index contributed by atoms with van der Waals surface area (Å²) in [5.74, 6) is 1.84. The van der Waals surface area contributed by atoms with Crippen LogP contribution in [0.25, 0.3) is 0 Å². The molecule has 0 aliphatic carbocycles. The highest BCUT2D eigenvalue weighted by Crippen LogP contribution is 2.38. The number of urea groups is 1. The van der Waals surface area contributed by atoms with E-state index in [0.717, 1.165) is 54.4 Å². The maximum atomic E-state index is 12.9. The topological polar surface area (TPSA) is 68.6 Å². The standard InChI is InChI=1S/C22H32N4O3/c1-15(14-26-17(3)11-16(2)24-26)13-23-22(27)25-10-6-7-20(25)19-12-18(28-4)8-9-21(19)29-5/h8-9,11-12,15,20H,6-7,10,13-14H2,1-5H3,(H,23,27). The van der Waals surface area contributed by atoms with Crippen molar-refractivity contribution in [3.8, 4) is 11.5 Å². The second-order valence-corrected chi connectivity index (χ2v) is 7.86. The second-order valence-electron chi connectivity index (χ2n) is 7.86. The lowest BCUT2D eigenvalue weighted by Crippen LogP contribution is -2.41. The van der Waals surface area contributed by atoms with Gasteiger partial charge in [0.25, 0.3) is 0 Å². The molecular weight excluding hydrogens is 368 g/mol. The number of hydrogen-bond donors (Lipinski definition) is 1. The summed E-state index contributed by atoms with van der Waals surface area (Å²) in [5, 5.41) is 7.62. The van der Waals surface area contributed by atoms with E-state index in [2.05, 4.69) is 30.3 Å². The van der Waals surface area contributed by atoms with Gasteiger partial charge in [-0.2, -0.15) is 5.10 Å². The van der Waals surface area contributed by atoms with E-state index in [9.17, 15) is 4.79 Å². The number of amides is 2. The van der Waals surface area contributed by atoms with Gasteiger partial charge in [0.1, 0.15) is 11.5 Å². The number of nitrogens with zero attached hydrogens (tertiary/aromatic N) is 3. The first-order chi connectivity index (χ1) is 13.9. The molecule has 0 spiro atoms. The third-order valence-electron chi connectivity index (χ3n) is 5.50. The van der Waals surface area contributed by atoms with Gasteiger partial charge in [-0.25, -0.2) is 4.79 Å². The monoisotopic (exact) mass is 400 g/mol. The van der Waals surface area contributed by atoms with E-state index in [1.54, 1.807) is 14.2 Å². The molecule has 1 saturated heterocycles. The summed E-state index contributed by atoms with van der Waals surface area (Å²) in [7, 11) is 3.31. The van der Waals surface area contributed by atoms with Crippen molar-refractivity contribution < 1.29 is 14.3 Å². The molecule has 2 amide bonds. The normalized spacial score (nSPS) is 17.3. The number of aromatic nitrogens is 2. The highest BCUT2D eigenvalue weighted by atomic mass is 16.5. The Balaban J connectivity index is 1.63. The first-order valence-electron chi connectivity index (χ1n) is 10.2. The van der Waals surface area contributed by atoms with Gasteiger partial charge in [0.05, 0.1) is 26.0 Å². The molecule has 3 rings (SSSR count). The van der Waals surface area contributed by atoms with Crippen LogP contribution in [0.4, 0.5) is 4.79 Å². The quantitative estimate of drug-likeness (QED) is 0.769.